The molecule has 0 aliphatic carbocycles. The maximum Gasteiger partial charge on any atom is 0.230 e. The van der Waals surface area contributed by atoms with Gasteiger partial charge in [0, 0.05) is 26.2 Å². The fraction of sp³-hybridized carbons (Fsp3) is 0.571. The van der Waals surface area contributed by atoms with Crippen LogP contribution in [0, 0.1) is 5.41 Å². The Hall–Kier alpha value is -1.81. The number of allylic oxidation sites excluding steroid dienone is 1. The third kappa shape index (κ3) is 3.90. The first kappa shape index (κ1) is 18.0. The van der Waals surface area contributed by atoms with E-state index in [2.05, 4.69) is 35.8 Å². The van der Waals surface area contributed by atoms with Crippen molar-refractivity contribution in [1.82, 2.24) is 9.80 Å². The normalized spacial score (nSPS) is 25.0. The highest BCUT2D eigenvalue weighted by atomic mass is 16.5. The van der Waals surface area contributed by atoms with Crippen molar-refractivity contribution in [3.05, 3.63) is 41.5 Å². The van der Waals surface area contributed by atoms with Gasteiger partial charge in [-0.05, 0) is 57.4 Å². The van der Waals surface area contributed by atoms with Gasteiger partial charge in [0.25, 0.3) is 0 Å². The lowest BCUT2D eigenvalue weighted by molar-refractivity contribution is -0.146. The lowest BCUT2D eigenvalue weighted by Gasteiger charge is -2.39. The molecule has 136 valence electrons. The molecule has 1 atom stereocenters. The van der Waals surface area contributed by atoms with Gasteiger partial charge >= 0.3 is 0 Å². The second-order valence-electron chi connectivity index (χ2n) is 7.56. The SMILES string of the molecule is C/C=C(\C)CN1CCC2(CCCN(Cc3cccc(OC)c3)C2=O)C1. The highest BCUT2D eigenvalue weighted by Gasteiger charge is 2.48. The van der Waals surface area contributed by atoms with Gasteiger partial charge in [0.15, 0.2) is 0 Å². The van der Waals surface area contributed by atoms with Gasteiger partial charge in [-0.3, -0.25) is 9.69 Å². The molecule has 0 bridgehead atoms. The number of piperidine rings is 1. The van der Waals surface area contributed by atoms with Crippen LogP contribution in [0.2, 0.25) is 0 Å². The number of hydrogen-bond acceptors (Lipinski definition) is 3. The number of hydrogen-bond donors (Lipinski definition) is 0. The molecule has 0 aromatic heterocycles. The summed E-state index contributed by atoms with van der Waals surface area (Å²) < 4.78 is 5.31. The second kappa shape index (κ2) is 7.61. The summed E-state index contributed by atoms with van der Waals surface area (Å²) >= 11 is 0. The number of carbonyl (C=O) groups excluding carboxylic acids is 1. The first-order valence-corrected chi connectivity index (χ1v) is 9.33. The quantitative estimate of drug-likeness (QED) is 0.768. The average molecular weight is 342 g/mol. The summed E-state index contributed by atoms with van der Waals surface area (Å²) in [4.78, 5) is 17.8. The van der Waals surface area contributed by atoms with Gasteiger partial charge in [0.2, 0.25) is 5.91 Å². The van der Waals surface area contributed by atoms with E-state index in [1.54, 1.807) is 7.11 Å². The summed E-state index contributed by atoms with van der Waals surface area (Å²) in [6, 6.07) is 8.05. The molecule has 1 unspecified atom stereocenters. The van der Waals surface area contributed by atoms with E-state index >= 15 is 0 Å². The van der Waals surface area contributed by atoms with E-state index < -0.39 is 0 Å². The van der Waals surface area contributed by atoms with Crippen LogP contribution >= 0.6 is 0 Å². The minimum atomic E-state index is -0.162. The molecule has 1 amide bonds. The Morgan fingerprint density at radius 3 is 2.92 bits per heavy atom. The molecule has 0 radical (unpaired) electrons. The Bertz CT molecular complexity index is 655. The number of amides is 1. The van der Waals surface area contributed by atoms with Gasteiger partial charge in [-0.2, -0.15) is 0 Å². The zero-order valence-corrected chi connectivity index (χ0v) is 15.8. The predicted molar refractivity (Wildman–Crippen MR) is 101 cm³/mol. The van der Waals surface area contributed by atoms with E-state index in [9.17, 15) is 4.79 Å². The molecule has 2 aliphatic heterocycles. The van der Waals surface area contributed by atoms with Crippen molar-refractivity contribution in [3.63, 3.8) is 0 Å². The Morgan fingerprint density at radius 1 is 1.32 bits per heavy atom. The summed E-state index contributed by atoms with van der Waals surface area (Å²) in [7, 11) is 1.68. The molecule has 0 saturated carbocycles. The maximum absolute atomic E-state index is 13.3. The molecule has 4 heteroatoms. The third-order valence-electron chi connectivity index (χ3n) is 5.73. The molecular formula is C21H30N2O2. The molecule has 2 fully saturated rings. The third-order valence-corrected chi connectivity index (χ3v) is 5.73. The molecule has 25 heavy (non-hydrogen) atoms. The Labute approximate surface area is 151 Å². The number of likely N-dealkylation sites (tertiary alicyclic amines) is 2. The standard InChI is InChI=1S/C21H30N2O2/c1-4-17(2)14-22-12-10-21(16-22)9-6-11-23(20(21)24)15-18-7-5-8-19(13-18)25-3/h4-5,7-8,13H,6,9-12,14-16H2,1-3H3/b17-4+. The van der Waals surface area contributed by atoms with Gasteiger partial charge < -0.3 is 9.64 Å². The molecule has 0 N–H and O–H groups in total. The first-order chi connectivity index (χ1) is 12.1. The van der Waals surface area contributed by atoms with Crippen molar-refractivity contribution in [2.24, 2.45) is 5.41 Å². The van der Waals surface area contributed by atoms with Crippen molar-refractivity contribution < 1.29 is 9.53 Å². The summed E-state index contributed by atoms with van der Waals surface area (Å²) in [5, 5.41) is 0. The van der Waals surface area contributed by atoms with Gasteiger partial charge in [-0.25, -0.2) is 0 Å². The van der Waals surface area contributed by atoms with E-state index in [-0.39, 0.29) is 5.41 Å². The van der Waals surface area contributed by atoms with E-state index in [0.29, 0.717) is 12.5 Å². The summed E-state index contributed by atoms with van der Waals surface area (Å²) in [5.74, 6) is 1.20. The maximum atomic E-state index is 13.3. The fourth-order valence-corrected chi connectivity index (χ4v) is 4.21. The fourth-order valence-electron chi connectivity index (χ4n) is 4.21. The van der Waals surface area contributed by atoms with Crippen LogP contribution in [0.25, 0.3) is 0 Å². The van der Waals surface area contributed by atoms with Crippen LogP contribution in [0.4, 0.5) is 0 Å². The summed E-state index contributed by atoms with van der Waals surface area (Å²) in [6.45, 7) is 8.74. The average Bonchev–Trinajstić information content (AvgIpc) is 3.02. The van der Waals surface area contributed by atoms with E-state index in [1.165, 1.54) is 5.57 Å². The van der Waals surface area contributed by atoms with Gasteiger partial charge in [-0.15, -0.1) is 0 Å². The predicted octanol–water partition coefficient (Wildman–Crippen LogP) is 3.48. The van der Waals surface area contributed by atoms with Crippen molar-refractivity contribution in [2.45, 2.75) is 39.7 Å². The van der Waals surface area contributed by atoms with Crippen LogP contribution in [0.15, 0.2) is 35.9 Å². The molecule has 4 nitrogen and oxygen atoms in total. The molecule has 1 aromatic rings. The smallest absolute Gasteiger partial charge is 0.230 e. The number of rotatable bonds is 5. The summed E-state index contributed by atoms with van der Waals surface area (Å²) in [5.41, 5.74) is 2.36. The first-order valence-electron chi connectivity index (χ1n) is 9.33. The lowest BCUT2D eigenvalue weighted by Crippen LogP contribution is -2.49. The number of benzene rings is 1. The highest BCUT2D eigenvalue weighted by molar-refractivity contribution is 5.84. The second-order valence-corrected chi connectivity index (χ2v) is 7.56. The van der Waals surface area contributed by atoms with Crippen LogP contribution in [0.1, 0.15) is 38.7 Å². The summed E-state index contributed by atoms with van der Waals surface area (Å²) in [6.07, 6.45) is 5.30. The monoisotopic (exact) mass is 342 g/mol. The minimum Gasteiger partial charge on any atom is -0.497 e. The molecule has 1 spiro atoms. The van der Waals surface area contributed by atoms with E-state index in [4.69, 9.17) is 4.74 Å². The van der Waals surface area contributed by atoms with E-state index in [0.717, 1.165) is 56.8 Å². The van der Waals surface area contributed by atoms with Crippen LogP contribution < -0.4 is 4.74 Å². The molecular weight excluding hydrogens is 312 g/mol. The van der Waals surface area contributed by atoms with Crippen molar-refractivity contribution >= 4 is 5.91 Å². The zero-order valence-electron chi connectivity index (χ0n) is 15.8. The molecule has 2 aliphatic rings. The molecule has 2 saturated heterocycles. The minimum absolute atomic E-state index is 0.162. The van der Waals surface area contributed by atoms with Gasteiger partial charge in [-0.1, -0.05) is 23.8 Å². The van der Waals surface area contributed by atoms with Crippen molar-refractivity contribution in [2.75, 3.05) is 33.3 Å². The number of carbonyl (C=O) groups is 1. The van der Waals surface area contributed by atoms with Gasteiger partial charge in [0.05, 0.1) is 12.5 Å². The largest absolute Gasteiger partial charge is 0.497 e. The van der Waals surface area contributed by atoms with Crippen LogP contribution in [0.5, 0.6) is 5.75 Å². The molecule has 3 rings (SSSR count). The number of ether oxygens (including phenoxy) is 1. The zero-order chi connectivity index (χ0) is 17.9. The Kier molecular flexibility index (Phi) is 5.48. The Morgan fingerprint density at radius 2 is 2.16 bits per heavy atom. The van der Waals surface area contributed by atoms with Crippen LogP contribution in [0.3, 0.4) is 0 Å². The van der Waals surface area contributed by atoms with Crippen LogP contribution in [-0.2, 0) is 11.3 Å². The number of methoxy groups -OCH3 is 1. The van der Waals surface area contributed by atoms with Crippen molar-refractivity contribution in [1.29, 1.82) is 0 Å². The molecule has 2 heterocycles. The van der Waals surface area contributed by atoms with Gasteiger partial charge in [0.1, 0.15) is 5.75 Å². The molecule has 1 aromatic carbocycles. The van der Waals surface area contributed by atoms with Crippen LogP contribution in [-0.4, -0.2) is 49.0 Å². The Balaban J connectivity index is 1.69. The van der Waals surface area contributed by atoms with Crippen molar-refractivity contribution in [3.8, 4) is 5.75 Å². The highest BCUT2D eigenvalue weighted by Crippen LogP contribution is 2.40. The number of nitrogens with zero attached hydrogens (tertiary/aromatic N) is 2. The topological polar surface area (TPSA) is 32.8 Å². The lowest BCUT2D eigenvalue weighted by atomic mass is 9.78. The van der Waals surface area contributed by atoms with E-state index in [1.807, 2.05) is 18.2 Å².